The Balaban J connectivity index is 2.22. The monoisotopic (exact) mass is 190 g/mol. The molecule has 0 radical (unpaired) electrons. The number of hydrogen-bond donors (Lipinski definition) is 1. The van der Waals surface area contributed by atoms with Crippen LogP contribution in [0.25, 0.3) is 0 Å². The summed E-state index contributed by atoms with van der Waals surface area (Å²) in [6, 6.07) is 9.72. The molecule has 2 atom stereocenters. The minimum Gasteiger partial charge on any atom is -0.385 e. The fraction of sp³-hybridized carbons (Fsp3) is 0.417. The van der Waals surface area contributed by atoms with E-state index in [1.165, 1.54) is 0 Å². The number of rotatable bonds is 1. The van der Waals surface area contributed by atoms with Crippen molar-refractivity contribution in [2.75, 3.05) is 0 Å². The molecule has 2 heteroatoms. The number of carbonyl (C=O) groups is 1. The van der Waals surface area contributed by atoms with Gasteiger partial charge in [0.2, 0.25) is 0 Å². The number of carbonyl (C=O) groups excluding carboxylic acids is 1. The summed E-state index contributed by atoms with van der Waals surface area (Å²) in [5, 5.41) is 9.46. The van der Waals surface area contributed by atoms with Crippen LogP contribution < -0.4 is 0 Å². The van der Waals surface area contributed by atoms with Crippen molar-refractivity contribution < 1.29 is 9.90 Å². The van der Waals surface area contributed by atoms with E-state index < -0.39 is 6.10 Å². The van der Waals surface area contributed by atoms with Crippen LogP contribution in [0.5, 0.6) is 0 Å². The topological polar surface area (TPSA) is 37.3 Å². The van der Waals surface area contributed by atoms with E-state index in [1.807, 2.05) is 30.3 Å². The first-order valence-corrected chi connectivity index (χ1v) is 5.06. The molecular formula is C12H14O2. The van der Waals surface area contributed by atoms with E-state index >= 15 is 0 Å². The molecule has 0 aromatic heterocycles. The van der Waals surface area contributed by atoms with Crippen molar-refractivity contribution in [3.63, 3.8) is 0 Å². The van der Waals surface area contributed by atoms with Gasteiger partial charge in [0.25, 0.3) is 0 Å². The van der Waals surface area contributed by atoms with Crippen molar-refractivity contribution in [1.82, 2.24) is 0 Å². The van der Waals surface area contributed by atoms with Gasteiger partial charge in [-0.05, 0) is 24.8 Å². The van der Waals surface area contributed by atoms with Crippen LogP contribution >= 0.6 is 0 Å². The predicted octanol–water partition coefficient (Wildman–Crippen LogP) is 1.88. The Kier molecular flexibility index (Phi) is 2.64. The molecule has 1 fully saturated rings. The average Bonchev–Trinajstić information content (AvgIpc) is 2.23. The van der Waals surface area contributed by atoms with E-state index in [0.29, 0.717) is 6.42 Å². The number of Topliss-reactive ketones (excluding diaryl/α,β-unsaturated/α-hetero) is 1. The summed E-state index contributed by atoms with van der Waals surface area (Å²) in [6.07, 6.45) is 1.70. The molecule has 2 rings (SSSR count). The van der Waals surface area contributed by atoms with Crippen molar-refractivity contribution in [3.8, 4) is 0 Å². The van der Waals surface area contributed by atoms with Crippen LogP contribution in [0, 0.1) is 0 Å². The SMILES string of the molecule is O=C1[C@H](O)CCC[C@H]1c1ccccc1. The second-order valence-electron chi connectivity index (χ2n) is 3.81. The normalized spacial score (nSPS) is 27.6. The van der Waals surface area contributed by atoms with Gasteiger partial charge in [-0.15, -0.1) is 0 Å². The molecule has 74 valence electrons. The maximum atomic E-state index is 11.7. The second kappa shape index (κ2) is 3.93. The molecule has 0 aliphatic heterocycles. The zero-order valence-corrected chi connectivity index (χ0v) is 8.02. The Labute approximate surface area is 83.6 Å². The van der Waals surface area contributed by atoms with Crippen molar-refractivity contribution in [3.05, 3.63) is 35.9 Å². The molecular weight excluding hydrogens is 176 g/mol. The number of aliphatic hydroxyl groups excluding tert-OH is 1. The van der Waals surface area contributed by atoms with Crippen LogP contribution in [0.15, 0.2) is 30.3 Å². The quantitative estimate of drug-likeness (QED) is 0.734. The zero-order chi connectivity index (χ0) is 9.97. The van der Waals surface area contributed by atoms with Gasteiger partial charge in [0.15, 0.2) is 5.78 Å². The maximum Gasteiger partial charge on any atom is 0.168 e. The smallest absolute Gasteiger partial charge is 0.168 e. The minimum absolute atomic E-state index is 0.0116. The molecule has 0 unspecified atom stereocenters. The molecule has 2 nitrogen and oxygen atoms in total. The van der Waals surface area contributed by atoms with Crippen molar-refractivity contribution in [2.45, 2.75) is 31.3 Å². The van der Waals surface area contributed by atoms with Crippen LogP contribution in [-0.4, -0.2) is 17.0 Å². The maximum absolute atomic E-state index is 11.7. The largest absolute Gasteiger partial charge is 0.385 e. The molecule has 1 aliphatic carbocycles. The second-order valence-corrected chi connectivity index (χ2v) is 3.81. The third-order valence-corrected chi connectivity index (χ3v) is 2.84. The standard InChI is InChI=1S/C12H14O2/c13-11-8-4-7-10(12(11)14)9-5-2-1-3-6-9/h1-3,5-6,10-11,13H,4,7-8H2/t10-,11+/m0/s1. The van der Waals surface area contributed by atoms with E-state index in [4.69, 9.17) is 0 Å². The van der Waals surface area contributed by atoms with E-state index in [0.717, 1.165) is 18.4 Å². The van der Waals surface area contributed by atoms with Gasteiger partial charge in [-0.1, -0.05) is 30.3 Å². The summed E-state index contributed by atoms with van der Waals surface area (Å²) in [5.74, 6) is -0.0950. The van der Waals surface area contributed by atoms with Crippen LogP contribution in [0.3, 0.4) is 0 Å². The van der Waals surface area contributed by atoms with Gasteiger partial charge in [0, 0.05) is 5.92 Å². The molecule has 0 amide bonds. The Morgan fingerprint density at radius 1 is 1.14 bits per heavy atom. The fourth-order valence-electron chi connectivity index (χ4n) is 2.05. The highest BCUT2D eigenvalue weighted by molar-refractivity contribution is 5.90. The minimum atomic E-state index is -0.742. The van der Waals surface area contributed by atoms with E-state index in [-0.39, 0.29) is 11.7 Å². The van der Waals surface area contributed by atoms with Gasteiger partial charge < -0.3 is 5.11 Å². The highest BCUT2D eigenvalue weighted by Gasteiger charge is 2.30. The molecule has 0 saturated heterocycles. The van der Waals surface area contributed by atoms with Gasteiger partial charge in [-0.25, -0.2) is 0 Å². The van der Waals surface area contributed by atoms with Crippen molar-refractivity contribution in [2.24, 2.45) is 0 Å². The van der Waals surface area contributed by atoms with Crippen molar-refractivity contribution >= 4 is 5.78 Å². The Bertz CT molecular complexity index is 318. The van der Waals surface area contributed by atoms with Crippen LogP contribution in [-0.2, 0) is 4.79 Å². The van der Waals surface area contributed by atoms with Crippen LogP contribution in [0.2, 0.25) is 0 Å². The summed E-state index contributed by atoms with van der Waals surface area (Å²) in [5.41, 5.74) is 1.04. The Morgan fingerprint density at radius 3 is 2.57 bits per heavy atom. The molecule has 1 saturated carbocycles. The summed E-state index contributed by atoms with van der Waals surface area (Å²) in [7, 11) is 0. The molecule has 14 heavy (non-hydrogen) atoms. The number of ketones is 1. The third-order valence-electron chi connectivity index (χ3n) is 2.84. The van der Waals surface area contributed by atoms with E-state index in [2.05, 4.69) is 0 Å². The third kappa shape index (κ3) is 1.70. The molecule has 1 aromatic rings. The molecule has 1 aromatic carbocycles. The van der Waals surface area contributed by atoms with E-state index in [9.17, 15) is 9.90 Å². The first kappa shape index (κ1) is 9.41. The van der Waals surface area contributed by atoms with Crippen LogP contribution in [0.4, 0.5) is 0 Å². The highest BCUT2D eigenvalue weighted by Crippen LogP contribution is 2.29. The fourth-order valence-corrected chi connectivity index (χ4v) is 2.05. The van der Waals surface area contributed by atoms with E-state index in [1.54, 1.807) is 0 Å². The number of hydrogen-bond acceptors (Lipinski definition) is 2. The average molecular weight is 190 g/mol. The number of aliphatic hydroxyl groups is 1. The molecule has 1 aliphatic rings. The summed E-state index contributed by atoms with van der Waals surface area (Å²) >= 11 is 0. The summed E-state index contributed by atoms with van der Waals surface area (Å²) in [4.78, 5) is 11.7. The lowest BCUT2D eigenvalue weighted by Gasteiger charge is -2.24. The number of benzene rings is 1. The Hall–Kier alpha value is -1.15. The van der Waals surface area contributed by atoms with Crippen LogP contribution in [0.1, 0.15) is 30.7 Å². The molecule has 0 heterocycles. The van der Waals surface area contributed by atoms with Gasteiger partial charge in [-0.2, -0.15) is 0 Å². The first-order valence-electron chi connectivity index (χ1n) is 5.06. The van der Waals surface area contributed by atoms with Gasteiger partial charge >= 0.3 is 0 Å². The van der Waals surface area contributed by atoms with Gasteiger partial charge in [-0.3, -0.25) is 4.79 Å². The first-order chi connectivity index (χ1) is 6.79. The zero-order valence-electron chi connectivity index (χ0n) is 8.02. The lowest BCUT2D eigenvalue weighted by Crippen LogP contribution is -2.30. The summed E-state index contributed by atoms with van der Waals surface area (Å²) in [6.45, 7) is 0. The molecule has 0 bridgehead atoms. The van der Waals surface area contributed by atoms with Crippen molar-refractivity contribution in [1.29, 1.82) is 0 Å². The van der Waals surface area contributed by atoms with Gasteiger partial charge in [0.05, 0.1) is 0 Å². The Morgan fingerprint density at radius 2 is 1.86 bits per heavy atom. The molecule has 1 N–H and O–H groups in total. The molecule has 0 spiro atoms. The lowest BCUT2D eigenvalue weighted by atomic mass is 9.81. The predicted molar refractivity (Wildman–Crippen MR) is 54.0 cm³/mol. The summed E-state index contributed by atoms with van der Waals surface area (Å²) < 4.78 is 0. The highest BCUT2D eigenvalue weighted by atomic mass is 16.3. The lowest BCUT2D eigenvalue weighted by molar-refractivity contribution is -0.131. The van der Waals surface area contributed by atoms with Gasteiger partial charge in [0.1, 0.15) is 6.10 Å².